The van der Waals surface area contributed by atoms with Gasteiger partial charge in [-0.2, -0.15) is 0 Å². The van der Waals surface area contributed by atoms with Crippen molar-refractivity contribution in [2.24, 2.45) is 0 Å². The van der Waals surface area contributed by atoms with Crippen molar-refractivity contribution in [3.05, 3.63) is 57.3 Å². The number of methoxy groups -OCH3 is 2. The lowest BCUT2D eigenvalue weighted by Crippen LogP contribution is -2.24. The largest absolute Gasteiger partial charge is 0.496 e. The number of alkyl carbamates (subject to hydrolysis) is 1. The Kier molecular flexibility index (Phi) is 9.76. The van der Waals surface area contributed by atoms with Gasteiger partial charge in [-0.15, -0.1) is 22.7 Å². The van der Waals surface area contributed by atoms with Crippen LogP contribution < -0.4 is 14.8 Å². The minimum Gasteiger partial charge on any atom is -0.496 e. The highest BCUT2D eigenvalue weighted by atomic mass is 32.1. The topological polar surface area (TPSA) is 166 Å². The molecule has 0 spiro atoms. The van der Waals surface area contributed by atoms with Gasteiger partial charge in [0, 0.05) is 39.9 Å². The molecular formula is C29H27NO10S2. The molecule has 220 valence electrons. The first-order valence-corrected chi connectivity index (χ1v) is 14.3. The smallest absolute Gasteiger partial charge is 0.407 e. The van der Waals surface area contributed by atoms with Gasteiger partial charge in [0.15, 0.2) is 11.6 Å². The molecule has 0 saturated heterocycles. The molecular weight excluding hydrogens is 586 g/mol. The molecule has 0 radical (unpaired) electrons. The number of hydrogen-bond donors (Lipinski definition) is 3. The van der Waals surface area contributed by atoms with Crippen LogP contribution in [0, 0.1) is 0 Å². The number of thiophene rings is 2. The van der Waals surface area contributed by atoms with Gasteiger partial charge >= 0.3 is 18.0 Å². The molecule has 2 heterocycles. The summed E-state index contributed by atoms with van der Waals surface area (Å²) in [7, 11) is 2.97. The average molecular weight is 614 g/mol. The van der Waals surface area contributed by atoms with Gasteiger partial charge in [-0.3, -0.25) is 19.2 Å². The molecule has 3 N–H and O–H groups in total. The lowest BCUT2D eigenvalue weighted by atomic mass is 10.1. The number of carbonyl (C=O) groups is 5. The lowest BCUT2D eigenvalue weighted by molar-refractivity contribution is -0.137. The third-order valence-electron chi connectivity index (χ3n) is 6.30. The number of carbonyl (C=O) groups excluding carboxylic acids is 3. The van der Waals surface area contributed by atoms with Gasteiger partial charge in [0.2, 0.25) is 0 Å². The Morgan fingerprint density at radius 3 is 1.64 bits per heavy atom. The molecule has 0 bridgehead atoms. The Labute approximate surface area is 247 Å². The standard InChI is InChI=1S/C29H27NO10S2/c1-38-21-7-15-9-25(19(31)3-5-27(33)34)41-23(15)11-17(21)13-30-29(37)40-14-18-12-24-16(8-22(18)39-2)10-26(42-24)20(32)4-6-28(35)36/h7-12H,3-6,13-14H2,1-2H3,(H,30,37)(H,33,34)(H,35,36). The third kappa shape index (κ3) is 7.42. The highest BCUT2D eigenvalue weighted by Gasteiger charge is 2.17. The van der Waals surface area contributed by atoms with Crippen molar-refractivity contribution in [1.82, 2.24) is 5.32 Å². The van der Waals surface area contributed by atoms with Crippen molar-refractivity contribution >= 4 is 72.4 Å². The van der Waals surface area contributed by atoms with Crippen LogP contribution >= 0.6 is 22.7 Å². The number of ether oxygens (including phenoxy) is 3. The van der Waals surface area contributed by atoms with Gasteiger partial charge in [0.1, 0.15) is 18.1 Å². The molecule has 0 fully saturated rings. The molecule has 4 aromatic rings. The van der Waals surface area contributed by atoms with Gasteiger partial charge < -0.3 is 29.7 Å². The second kappa shape index (κ2) is 13.4. The number of Topliss-reactive ketones (excluding diaryl/α,β-unsaturated/α-hetero) is 2. The maximum atomic E-state index is 12.6. The number of nitrogens with one attached hydrogen (secondary N) is 1. The Hall–Kier alpha value is -4.49. The van der Waals surface area contributed by atoms with Crippen LogP contribution in [0.3, 0.4) is 0 Å². The summed E-state index contributed by atoms with van der Waals surface area (Å²) in [4.78, 5) is 59.8. The SMILES string of the molecule is COc1cc2cc(C(=O)CCC(=O)O)sc2cc1CNC(=O)OCc1cc2sc(C(=O)CCC(=O)O)cc2cc1OC. The number of carboxylic acid groups (broad SMARTS) is 2. The molecule has 0 unspecified atom stereocenters. The van der Waals surface area contributed by atoms with Crippen LogP contribution in [-0.2, 0) is 27.5 Å². The van der Waals surface area contributed by atoms with E-state index in [1.165, 1.54) is 36.9 Å². The monoisotopic (exact) mass is 613 g/mol. The van der Waals surface area contributed by atoms with E-state index < -0.39 is 18.0 Å². The number of amides is 1. The number of carboxylic acids is 2. The van der Waals surface area contributed by atoms with Gasteiger partial charge in [-0.1, -0.05) is 0 Å². The summed E-state index contributed by atoms with van der Waals surface area (Å²) in [6.45, 7) is -0.0188. The maximum absolute atomic E-state index is 12.6. The van der Waals surface area contributed by atoms with Crippen molar-refractivity contribution in [3.8, 4) is 11.5 Å². The minimum atomic E-state index is -1.04. The third-order valence-corrected chi connectivity index (χ3v) is 8.58. The number of rotatable bonds is 14. The number of benzene rings is 2. The van der Waals surface area contributed by atoms with Crippen LogP contribution in [-0.4, -0.2) is 54.0 Å². The van der Waals surface area contributed by atoms with E-state index in [9.17, 15) is 24.0 Å². The fourth-order valence-corrected chi connectivity index (χ4v) is 6.32. The summed E-state index contributed by atoms with van der Waals surface area (Å²) in [6.07, 6.45) is -1.35. The molecule has 4 rings (SSSR count). The van der Waals surface area contributed by atoms with E-state index in [1.54, 1.807) is 36.4 Å². The minimum absolute atomic E-state index is 0.0844. The van der Waals surface area contributed by atoms with Crippen LogP contribution in [0.15, 0.2) is 36.4 Å². The molecule has 0 atom stereocenters. The molecule has 2 aromatic heterocycles. The molecule has 42 heavy (non-hydrogen) atoms. The zero-order chi connectivity index (χ0) is 30.4. The van der Waals surface area contributed by atoms with Crippen LogP contribution in [0.4, 0.5) is 4.79 Å². The number of aliphatic carboxylic acids is 2. The summed E-state index contributed by atoms with van der Waals surface area (Å²) in [6, 6.07) is 10.4. The number of ketones is 2. The zero-order valence-electron chi connectivity index (χ0n) is 22.7. The Balaban J connectivity index is 1.41. The van der Waals surface area contributed by atoms with E-state index in [1.807, 2.05) is 0 Å². The second-order valence-corrected chi connectivity index (χ2v) is 11.4. The highest BCUT2D eigenvalue weighted by molar-refractivity contribution is 7.21. The molecule has 13 heteroatoms. The van der Waals surface area contributed by atoms with Crippen molar-refractivity contribution in [3.63, 3.8) is 0 Å². The Morgan fingerprint density at radius 1 is 0.690 bits per heavy atom. The van der Waals surface area contributed by atoms with Crippen molar-refractivity contribution in [2.75, 3.05) is 14.2 Å². The number of hydrogen-bond acceptors (Lipinski definition) is 10. The normalized spacial score (nSPS) is 10.9. The van der Waals surface area contributed by atoms with E-state index in [0.717, 1.165) is 20.2 Å². The first kappa shape index (κ1) is 30.5. The maximum Gasteiger partial charge on any atom is 0.407 e. The molecule has 0 aliphatic heterocycles. The van der Waals surface area contributed by atoms with Gasteiger partial charge in [-0.05, 0) is 47.2 Å². The van der Waals surface area contributed by atoms with Crippen molar-refractivity contribution in [2.45, 2.75) is 38.8 Å². The van der Waals surface area contributed by atoms with Crippen LogP contribution in [0.2, 0.25) is 0 Å². The molecule has 2 aromatic carbocycles. The average Bonchev–Trinajstić information content (AvgIpc) is 3.58. The van der Waals surface area contributed by atoms with E-state index >= 15 is 0 Å². The summed E-state index contributed by atoms with van der Waals surface area (Å²) in [5, 5.41) is 21.9. The van der Waals surface area contributed by atoms with E-state index in [-0.39, 0.29) is 50.4 Å². The van der Waals surface area contributed by atoms with Crippen molar-refractivity contribution in [1.29, 1.82) is 0 Å². The Morgan fingerprint density at radius 2 is 1.17 bits per heavy atom. The molecule has 11 nitrogen and oxygen atoms in total. The first-order valence-electron chi connectivity index (χ1n) is 12.7. The molecule has 1 amide bonds. The van der Waals surface area contributed by atoms with Gasteiger partial charge in [0.05, 0.1) is 36.8 Å². The van der Waals surface area contributed by atoms with Crippen LogP contribution in [0.1, 0.15) is 56.2 Å². The predicted octanol–water partition coefficient (Wildman–Crippen LogP) is 5.65. The second-order valence-electron chi connectivity index (χ2n) is 9.19. The van der Waals surface area contributed by atoms with E-state index in [4.69, 9.17) is 24.4 Å². The summed E-state index contributed by atoms with van der Waals surface area (Å²) < 4.78 is 17.9. The molecule has 0 aliphatic rings. The fourth-order valence-electron chi connectivity index (χ4n) is 4.17. The molecule has 0 saturated carbocycles. The highest BCUT2D eigenvalue weighted by Crippen LogP contribution is 2.34. The van der Waals surface area contributed by atoms with Gasteiger partial charge in [-0.25, -0.2) is 4.79 Å². The van der Waals surface area contributed by atoms with Crippen molar-refractivity contribution < 1.29 is 48.4 Å². The molecule has 0 aliphatic carbocycles. The fraction of sp³-hybridized carbons (Fsp3) is 0.276. The zero-order valence-corrected chi connectivity index (χ0v) is 24.3. The number of fused-ring (bicyclic) bond motifs is 2. The van der Waals surface area contributed by atoms with E-state index in [2.05, 4.69) is 5.32 Å². The quantitative estimate of drug-likeness (QED) is 0.151. The van der Waals surface area contributed by atoms with Crippen LogP contribution in [0.5, 0.6) is 11.5 Å². The summed E-state index contributed by atoms with van der Waals surface area (Å²) in [5.41, 5.74) is 1.25. The van der Waals surface area contributed by atoms with E-state index in [0.29, 0.717) is 32.4 Å². The predicted molar refractivity (Wildman–Crippen MR) is 156 cm³/mol. The summed E-state index contributed by atoms with van der Waals surface area (Å²) in [5.74, 6) is -1.61. The van der Waals surface area contributed by atoms with Gasteiger partial charge in [0.25, 0.3) is 0 Å². The summed E-state index contributed by atoms with van der Waals surface area (Å²) >= 11 is 2.47. The lowest BCUT2D eigenvalue weighted by Gasteiger charge is -2.12. The van der Waals surface area contributed by atoms with Crippen LogP contribution in [0.25, 0.3) is 20.2 Å². The Bertz CT molecular complexity index is 1560. The first-order chi connectivity index (χ1) is 20.1.